The van der Waals surface area contributed by atoms with Crippen molar-refractivity contribution in [3.8, 4) is 0 Å². The SMILES string of the molecule is CC(C)(C)OC(=O)NCC1CCC(COS(C)(=O)=O)CC1. The molecule has 0 aromatic carbocycles. The van der Waals surface area contributed by atoms with Crippen LogP contribution in [0.25, 0.3) is 0 Å². The molecule has 6 nitrogen and oxygen atoms in total. The van der Waals surface area contributed by atoms with Gasteiger partial charge in [0.15, 0.2) is 0 Å². The fourth-order valence-corrected chi connectivity index (χ4v) is 2.80. The molecule has 1 aliphatic rings. The molecule has 1 fully saturated rings. The van der Waals surface area contributed by atoms with Crippen molar-refractivity contribution >= 4 is 16.2 Å². The number of hydrogen-bond acceptors (Lipinski definition) is 5. The minimum Gasteiger partial charge on any atom is -0.444 e. The zero-order valence-electron chi connectivity index (χ0n) is 13.3. The van der Waals surface area contributed by atoms with Crippen molar-refractivity contribution < 1.29 is 22.1 Å². The Kier molecular flexibility index (Phi) is 6.46. The quantitative estimate of drug-likeness (QED) is 0.786. The number of alkyl carbamates (subject to hydrolysis) is 1. The van der Waals surface area contributed by atoms with Gasteiger partial charge in [-0.05, 0) is 58.3 Å². The number of ether oxygens (including phenoxy) is 1. The summed E-state index contributed by atoms with van der Waals surface area (Å²) in [4.78, 5) is 11.6. The average Bonchev–Trinajstić information content (AvgIpc) is 2.32. The monoisotopic (exact) mass is 321 g/mol. The first-order valence-electron chi connectivity index (χ1n) is 7.36. The van der Waals surface area contributed by atoms with Crippen LogP contribution in [0.4, 0.5) is 4.79 Å². The molecule has 1 N–H and O–H groups in total. The number of carbonyl (C=O) groups excluding carboxylic acids is 1. The number of nitrogens with one attached hydrogen (secondary N) is 1. The van der Waals surface area contributed by atoms with E-state index in [-0.39, 0.29) is 18.6 Å². The van der Waals surface area contributed by atoms with Crippen molar-refractivity contribution in [2.75, 3.05) is 19.4 Å². The van der Waals surface area contributed by atoms with Gasteiger partial charge in [0.05, 0.1) is 12.9 Å². The maximum absolute atomic E-state index is 11.6. The minimum absolute atomic E-state index is 0.269. The smallest absolute Gasteiger partial charge is 0.407 e. The molecule has 0 radical (unpaired) electrons. The maximum Gasteiger partial charge on any atom is 0.407 e. The summed E-state index contributed by atoms with van der Waals surface area (Å²) >= 11 is 0. The van der Waals surface area contributed by atoms with Gasteiger partial charge in [-0.3, -0.25) is 4.18 Å². The fourth-order valence-electron chi connectivity index (χ4n) is 2.36. The highest BCUT2D eigenvalue weighted by Gasteiger charge is 2.23. The van der Waals surface area contributed by atoms with Gasteiger partial charge in [0.1, 0.15) is 5.60 Å². The highest BCUT2D eigenvalue weighted by atomic mass is 32.2. The van der Waals surface area contributed by atoms with E-state index in [0.29, 0.717) is 12.5 Å². The highest BCUT2D eigenvalue weighted by molar-refractivity contribution is 7.85. The standard InChI is InChI=1S/C14H27NO5S/c1-14(2,3)20-13(16)15-9-11-5-7-12(8-6-11)10-19-21(4,17)18/h11-12H,5-10H2,1-4H3,(H,15,16). The van der Waals surface area contributed by atoms with Crippen molar-refractivity contribution in [1.82, 2.24) is 5.32 Å². The Balaban J connectivity index is 2.20. The second-order valence-corrected chi connectivity index (χ2v) is 8.40. The van der Waals surface area contributed by atoms with Crippen molar-refractivity contribution in [3.63, 3.8) is 0 Å². The lowest BCUT2D eigenvalue weighted by molar-refractivity contribution is 0.0511. The predicted octanol–water partition coefficient (Wildman–Crippen LogP) is 2.29. The Labute approximate surface area is 127 Å². The van der Waals surface area contributed by atoms with Gasteiger partial charge >= 0.3 is 6.09 Å². The van der Waals surface area contributed by atoms with Crippen LogP contribution in [0.15, 0.2) is 0 Å². The van der Waals surface area contributed by atoms with Gasteiger partial charge in [0.25, 0.3) is 10.1 Å². The molecule has 0 bridgehead atoms. The van der Waals surface area contributed by atoms with Crippen molar-refractivity contribution in [2.45, 2.75) is 52.1 Å². The van der Waals surface area contributed by atoms with Gasteiger partial charge in [-0.1, -0.05) is 0 Å². The molecule has 0 unspecified atom stereocenters. The number of rotatable bonds is 5. The van der Waals surface area contributed by atoms with Gasteiger partial charge in [-0.15, -0.1) is 0 Å². The van der Waals surface area contributed by atoms with Gasteiger partial charge in [0.2, 0.25) is 0 Å². The van der Waals surface area contributed by atoms with E-state index < -0.39 is 15.7 Å². The molecule has 1 amide bonds. The van der Waals surface area contributed by atoms with Crippen LogP contribution >= 0.6 is 0 Å². The molecule has 1 rings (SSSR count). The Morgan fingerprint density at radius 3 is 2.14 bits per heavy atom. The lowest BCUT2D eigenvalue weighted by Gasteiger charge is -2.28. The average molecular weight is 321 g/mol. The summed E-state index contributed by atoms with van der Waals surface area (Å²) in [5, 5.41) is 2.79. The number of amides is 1. The highest BCUT2D eigenvalue weighted by Crippen LogP contribution is 2.28. The van der Waals surface area contributed by atoms with E-state index in [0.717, 1.165) is 31.9 Å². The topological polar surface area (TPSA) is 81.7 Å². The van der Waals surface area contributed by atoms with Crippen molar-refractivity contribution in [3.05, 3.63) is 0 Å². The molecule has 0 spiro atoms. The molecule has 7 heteroatoms. The summed E-state index contributed by atoms with van der Waals surface area (Å²) in [6, 6.07) is 0. The predicted molar refractivity (Wildman–Crippen MR) is 80.5 cm³/mol. The normalized spacial score (nSPS) is 23.6. The molecule has 21 heavy (non-hydrogen) atoms. The van der Waals surface area contributed by atoms with Crippen LogP contribution in [0.5, 0.6) is 0 Å². The summed E-state index contributed by atoms with van der Waals surface area (Å²) in [6.45, 7) is 6.37. The van der Waals surface area contributed by atoms with Crippen LogP contribution in [0.3, 0.4) is 0 Å². The molecule has 0 atom stereocenters. The number of hydrogen-bond donors (Lipinski definition) is 1. The zero-order chi connectivity index (χ0) is 16.1. The summed E-state index contributed by atoms with van der Waals surface area (Å²) in [6.07, 6.45) is 4.47. The van der Waals surface area contributed by atoms with Crippen LogP contribution in [-0.2, 0) is 19.0 Å². The molecule has 0 aromatic heterocycles. The van der Waals surface area contributed by atoms with E-state index in [1.54, 1.807) is 0 Å². The lowest BCUT2D eigenvalue weighted by atomic mass is 9.82. The first-order valence-corrected chi connectivity index (χ1v) is 9.18. The Hall–Kier alpha value is -0.820. The molecular formula is C14H27NO5S. The third-order valence-corrected chi connectivity index (χ3v) is 3.98. The van der Waals surface area contributed by atoms with Crippen LogP contribution in [0.1, 0.15) is 46.5 Å². The fraction of sp³-hybridized carbons (Fsp3) is 0.929. The molecule has 1 saturated carbocycles. The molecule has 0 aromatic rings. The first kappa shape index (κ1) is 18.2. The molecule has 1 aliphatic carbocycles. The van der Waals surface area contributed by atoms with E-state index in [1.807, 2.05) is 20.8 Å². The van der Waals surface area contributed by atoms with E-state index >= 15 is 0 Å². The van der Waals surface area contributed by atoms with Gasteiger partial charge < -0.3 is 10.1 Å². The molecule has 124 valence electrons. The van der Waals surface area contributed by atoms with E-state index in [4.69, 9.17) is 8.92 Å². The van der Waals surface area contributed by atoms with Crippen LogP contribution in [0.2, 0.25) is 0 Å². The van der Waals surface area contributed by atoms with Crippen LogP contribution in [-0.4, -0.2) is 39.5 Å². The third-order valence-electron chi connectivity index (χ3n) is 3.42. The molecular weight excluding hydrogens is 294 g/mol. The van der Waals surface area contributed by atoms with Gasteiger partial charge in [0, 0.05) is 6.54 Å². The van der Waals surface area contributed by atoms with E-state index in [1.165, 1.54) is 0 Å². The van der Waals surface area contributed by atoms with Crippen molar-refractivity contribution in [1.29, 1.82) is 0 Å². The zero-order valence-corrected chi connectivity index (χ0v) is 14.2. The summed E-state index contributed by atoms with van der Waals surface area (Å²) in [5.74, 6) is 0.713. The molecule has 0 aliphatic heterocycles. The summed E-state index contributed by atoms with van der Waals surface area (Å²) < 4.78 is 31.9. The Morgan fingerprint density at radius 1 is 1.14 bits per heavy atom. The summed E-state index contributed by atoms with van der Waals surface area (Å²) in [5.41, 5.74) is -0.481. The third kappa shape index (κ3) is 8.93. The molecule has 0 saturated heterocycles. The van der Waals surface area contributed by atoms with Crippen molar-refractivity contribution in [2.24, 2.45) is 11.8 Å². The summed E-state index contributed by atoms with van der Waals surface area (Å²) in [7, 11) is -3.35. The van der Waals surface area contributed by atoms with E-state index in [9.17, 15) is 13.2 Å². The first-order chi connectivity index (χ1) is 9.55. The van der Waals surface area contributed by atoms with Gasteiger partial charge in [-0.2, -0.15) is 8.42 Å². The second-order valence-electron chi connectivity index (χ2n) is 6.76. The minimum atomic E-state index is -3.35. The largest absolute Gasteiger partial charge is 0.444 e. The Morgan fingerprint density at radius 2 is 1.67 bits per heavy atom. The van der Waals surface area contributed by atoms with Gasteiger partial charge in [-0.25, -0.2) is 4.79 Å². The number of carbonyl (C=O) groups is 1. The second kappa shape index (κ2) is 7.45. The lowest BCUT2D eigenvalue weighted by Crippen LogP contribution is -2.36. The van der Waals surface area contributed by atoms with E-state index in [2.05, 4.69) is 5.32 Å². The maximum atomic E-state index is 11.6. The Bertz CT molecular complexity index is 433. The molecule has 0 heterocycles. The van der Waals surface area contributed by atoms with Crippen LogP contribution in [0, 0.1) is 11.8 Å². The van der Waals surface area contributed by atoms with Crippen LogP contribution < -0.4 is 5.32 Å².